The van der Waals surface area contributed by atoms with Crippen molar-refractivity contribution in [3.05, 3.63) is 0 Å². The normalized spacial score (nSPS) is 10.8. The van der Waals surface area contributed by atoms with Gasteiger partial charge in [-0.25, -0.2) is 0 Å². The molecule has 0 aromatic heterocycles. The Hall–Kier alpha value is -0.650. The second-order valence-corrected chi connectivity index (χ2v) is 2.97. The first-order chi connectivity index (χ1) is 6.70. The lowest BCUT2D eigenvalue weighted by Gasteiger charge is -2.20. The van der Waals surface area contributed by atoms with Crippen molar-refractivity contribution < 1.29 is 19.4 Å². The molecule has 0 heterocycles. The molecular weight excluding hydrogens is 186 g/mol. The van der Waals surface area contributed by atoms with E-state index in [1.807, 2.05) is 4.90 Å². The zero-order valence-electron chi connectivity index (χ0n) is 8.86. The first kappa shape index (κ1) is 13.4. The van der Waals surface area contributed by atoms with Gasteiger partial charge < -0.3 is 14.6 Å². The molecule has 84 valence electrons. The van der Waals surface area contributed by atoms with Gasteiger partial charge in [-0.05, 0) is 0 Å². The van der Waals surface area contributed by atoms with Gasteiger partial charge in [0.2, 0.25) is 0 Å². The summed E-state index contributed by atoms with van der Waals surface area (Å²) >= 11 is 0. The number of carboxylic acids is 1. The third kappa shape index (κ3) is 7.97. The average Bonchev–Trinajstić information content (AvgIpc) is 2.16. The molecule has 0 bridgehead atoms. The van der Waals surface area contributed by atoms with Crippen LogP contribution in [-0.4, -0.2) is 63.0 Å². The number of hydrogen-bond acceptors (Lipinski definition) is 4. The van der Waals surface area contributed by atoms with E-state index >= 15 is 0 Å². The third-order valence-corrected chi connectivity index (χ3v) is 1.87. The van der Waals surface area contributed by atoms with Crippen molar-refractivity contribution in [1.82, 2.24) is 4.90 Å². The quantitative estimate of drug-likeness (QED) is 0.576. The SMILES string of the molecule is COCCN(CCOC)CCC(=O)O. The van der Waals surface area contributed by atoms with Gasteiger partial charge in [-0.3, -0.25) is 9.69 Å². The van der Waals surface area contributed by atoms with Crippen LogP contribution >= 0.6 is 0 Å². The largest absolute Gasteiger partial charge is 0.481 e. The van der Waals surface area contributed by atoms with Gasteiger partial charge in [0.15, 0.2) is 0 Å². The molecule has 5 heteroatoms. The number of aliphatic carboxylic acids is 1. The predicted octanol–water partition coefficient (Wildman–Crippen LogP) is 0.0559. The molecule has 0 saturated heterocycles. The van der Waals surface area contributed by atoms with Crippen LogP contribution in [0.3, 0.4) is 0 Å². The highest BCUT2D eigenvalue weighted by Gasteiger charge is 2.06. The summed E-state index contributed by atoms with van der Waals surface area (Å²) in [6.07, 6.45) is 0.160. The predicted molar refractivity (Wildman–Crippen MR) is 52.4 cm³/mol. The maximum Gasteiger partial charge on any atom is 0.304 e. The van der Waals surface area contributed by atoms with Crippen LogP contribution in [0.4, 0.5) is 0 Å². The van der Waals surface area contributed by atoms with E-state index in [0.29, 0.717) is 19.8 Å². The van der Waals surface area contributed by atoms with Crippen LogP contribution in [0, 0.1) is 0 Å². The molecule has 1 N–H and O–H groups in total. The number of carboxylic acid groups (broad SMARTS) is 1. The first-order valence-electron chi connectivity index (χ1n) is 4.62. The Balaban J connectivity index is 3.65. The molecule has 0 atom stereocenters. The number of carbonyl (C=O) groups is 1. The second kappa shape index (κ2) is 8.93. The van der Waals surface area contributed by atoms with Crippen molar-refractivity contribution in [3.8, 4) is 0 Å². The Morgan fingerprint density at radius 3 is 2.00 bits per heavy atom. The molecule has 0 aromatic rings. The molecular formula is C9H19NO4. The summed E-state index contributed by atoms with van der Waals surface area (Å²) in [4.78, 5) is 12.4. The van der Waals surface area contributed by atoms with Gasteiger partial charge in [-0.15, -0.1) is 0 Å². The highest BCUT2D eigenvalue weighted by atomic mass is 16.5. The topological polar surface area (TPSA) is 59.0 Å². The molecule has 5 nitrogen and oxygen atoms in total. The van der Waals surface area contributed by atoms with Crippen LogP contribution in [0.15, 0.2) is 0 Å². The van der Waals surface area contributed by atoms with Gasteiger partial charge in [0, 0.05) is 33.9 Å². The molecule has 0 rings (SSSR count). The smallest absolute Gasteiger partial charge is 0.304 e. The summed E-state index contributed by atoms with van der Waals surface area (Å²) in [5, 5.41) is 8.52. The molecule has 0 radical (unpaired) electrons. The van der Waals surface area contributed by atoms with Crippen LogP contribution in [0.2, 0.25) is 0 Å². The van der Waals surface area contributed by atoms with Gasteiger partial charge in [-0.1, -0.05) is 0 Å². The molecule has 0 unspecified atom stereocenters. The summed E-state index contributed by atoms with van der Waals surface area (Å²) in [6.45, 7) is 3.26. The van der Waals surface area contributed by atoms with Crippen molar-refractivity contribution in [3.63, 3.8) is 0 Å². The van der Waals surface area contributed by atoms with Crippen LogP contribution in [-0.2, 0) is 14.3 Å². The molecule has 0 amide bonds. The summed E-state index contributed by atoms with van der Waals surface area (Å²) in [5.41, 5.74) is 0. The standard InChI is InChI=1S/C9H19NO4/c1-13-7-5-10(6-8-14-2)4-3-9(11)12/h3-8H2,1-2H3,(H,11,12). The zero-order valence-corrected chi connectivity index (χ0v) is 8.86. The molecule has 0 aromatic carbocycles. The molecule has 14 heavy (non-hydrogen) atoms. The van der Waals surface area contributed by atoms with Crippen LogP contribution in [0.1, 0.15) is 6.42 Å². The number of nitrogens with zero attached hydrogens (tertiary/aromatic N) is 1. The van der Waals surface area contributed by atoms with Gasteiger partial charge >= 0.3 is 5.97 Å². The number of methoxy groups -OCH3 is 2. The van der Waals surface area contributed by atoms with E-state index < -0.39 is 5.97 Å². The average molecular weight is 205 g/mol. The highest BCUT2D eigenvalue weighted by Crippen LogP contribution is 1.92. The lowest BCUT2D eigenvalue weighted by molar-refractivity contribution is -0.137. The lowest BCUT2D eigenvalue weighted by atomic mass is 10.3. The van der Waals surface area contributed by atoms with Crippen molar-refractivity contribution in [2.45, 2.75) is 6.42 Å². The minimum atomic E-state index is -0.773. The Labute approximate surface area is 84.6 Å². The monoisotopic (exact) mass is 205 g/mol. The summed E-state index contributed by atoms with van der Waals surface area (Å²) in [6, 6.07) is 0. The maximum atomic E-state index is 10.4. The summed E-state index contributed by atoms with van der Waals surface area (Å²) < 4.78 is 9.86. The fourth-order valence-electron chi connectivity index (χ4n) is 1.03. The fourth-order valence-corrected chi connectivity index (χ4v) is 1.03. The van der Waals surface area contributed by atoms with E-state index in [1.54, 1.807) is 14.2 Å². The van der Waals surface area contributed by atoms with Gasteiger partial charge in [0.05, 0.1) is 19.6 Å². The lowest BCUT2D eigenvalue weighted by Crippen LogP contribution is -2.32. The van der Waals surface area contributed by atoms with E-state index in [0.717, 1.165) is 13.1 Å². The highest BCUT2D eigenvalue weighted by molar-refractivity contribution is 5.66. The molecule has 0 aliphatic rings. The molecule has 0 fully saturated rings. The first-order valence-corrected chi connectivity index (χ1v) is 4.62. The molecule has 0 saturated carbocycles. The maximum absolute atomic E-state index is 10.4. The Kier molecular flexibility index (Phi) is 8.51. The van der Waals surface area contributed by atoms with E-state index in [1.165, 1.54) is 0 Å². The van der Waals surface area contributed by atoms with Crippen molar-refractivity contribution in [2.75, 3.05) is 47.1 Å². The number of hydrogen-bond donors (Lipinski definition) is 1. The van der Waals surface area contributed by atoms with Gasteiger partial charge in [-0.2, -0.15) is 0 Å². The van der Waals surface area contributed by atoms with Gasteiger partial charge in [0.1, 0.15) is 0 Å². The van der Waals surface area contributed by atoms with E-state index in [9.17, 15) is 4.79 Å². The van der Waals surface area contributed by atoms with Crippen LogP contribution < -0.4 is 0 Å². The van der Waals surface area contributed by atoms with E-state index in [2.05, 4.69) is 0 Å². The van der Waals surface area contributed by atoms with Crippen LogP contribution in [0.5, 0.6) is 0 Å². The zero-order chi connectivity index (χ0) is 10.8. The summed E-state index contributed by atoms with van der Waals surface area (Å²) in [5.74, 6) is -0.773. The Morgan fingerprint density at radius 2 is 1.64 bits per heavy atom. The molecule has 0 aliphatic carbocycles. The van der Waals surface area contributed by atoms with Crippen molar-refractivity contribution in [1.29, 1.82) is 0 Å². The van der Waals surface area contributed by atoms with E-state index in [-0.39, 0.29) is 6.42 Å². The molecule has 0 aliphatic heterocycles. The van der Waals surface area contributed by atoms with Crippen LogP contribution in [0.25, 0.3) is 0 Å². The van der Waals surface area contributed by atoms with Crippen molar-refractivity contribution >= 4 is 5.97 Å². The third-order valence-electron chi connectivity index (χ3n) is 1.87. The van der Waals surface area contributed by atoms with Gasteiger partial charge in [0.25, 0.3) is 0 Å². The Bertz CT molecular complexity index is 144. The van der Waals surface area contributed by atoms with Crippen molar-refractivity contribution in [2.24, 2.45) is 0 Å². The second-order valence-electron chi connectivity index (χ2n) is 2.97. The fraction of sp³-hybridized carbons (Fsp3) is 0.889. The Morgan fingerprint density at radius 1 is 1.14 bits per heavy atom. The molecule has 0 spiro atoms. The summed E-state index contributed by atoms with van der Waals surface area (Å²) in [7, 11) is 3.26. The minimum Gasteiger partial charge on any atom is -0.481 e. The number of rotatable bonds is 9. The minimum absolute atomic E-state index is 0.160. The number of ether oxygens (including phenoxy) is 2. The van der Waals surface area contributed by atoms with E-state index in [4.69, 9.17) is 14.6 Å².